The van der Waals surface area contributed by atoms with Crippen molar-refractivity contribution in [3.8, 4) is 11.5 Å². The Labute approximate surface area is 168 Å². The van der Waals surface area contributed by atoms with Gasteiger partial charge in [-0.15, -0.1) is 5.10 Å². The van der Waals surface area contributed by atoms with Crippen molar-refractivity contribution < 1.29 is 14.3 Å². The van der Waals surface area contributed by atoms with Crippen LogP contribution in [0.25, 0.3) is 0 Å². The highest BCUT2D eigenvalue weighted by molar-refractivity contribution is 6.44. The van der Waals surface area contributed by atoms with E-state index in [1.165, 1.54) is 0 Å². The number of fused-ring (bicyclic) bond motifs is 1. The number of hydrogen-bond acceptors (Lipinski definition) is 6. The van der Waals surface area contributed by atoms with E-state index in [0.717, 1.165) is 22.7 Å². The Hall–Kier alpha value is -3.80. The van der Waals surface area contributed by atoms with Crippen LogP contribution in [-0.4, -0.2) is 18.4 Å². The number of amidine groups is 1. The third-order valence-electron chi connectivity index (χ3n) is 4.97. The van der Waals surface area contributed by atoms with Crippen LogP contribution in [0.3, 0.4) is 0 Å². The molecule has 0 saturated carbocycles. The van der Waals surface area contributed by atoms with E-state index in [4.69, 9.17) is 14.6 Å². The Morgan fingerprint density at radius 3 is 2.24 bits per heavy atom. The van der Waals surface area contributed by atoms with Crippen molar-refractivity contribution in [1.29, 1.82) is 0 Å². The summed E-state index contributed by atoms with van der Waals surface area (Å²) < 4.78 is 11.1. The lowest BCUT2D eigenvalue weighted by Gasteiger charge is -2.32. The molecule has 144 valence electrons. The molecule has 0 aromatic heterocycles. The van der Waals surface area contributed by atoms with E-state index in [0.29, 0.717) is 11.6 Å². The lowest BCUT2D eigenvalue weighted by Crippen LogP contribution is -2.37. The number of rotatable bonds is 4. The average molecular weight is 385 g/mol. The van der Waals surface area contributed by atoms with Gasteiger partial charge in [0.1, 0.15) is 0 Å². The zero-order chi connectivity index (χ0) is 19.8. The highest BCUT2D eigenvalue weighted by Crippen LogP contribution is 2.42. The molecule has 29 heavy (non-hydrogen) atoms. The van der Waals surface area contributed by atoms with Crippen LogP contribution in [0.1, 0.15) is 18.7 Å². The van der Waals surface area contributed by atoms with Crippen molar-refractivity contribution in [2.75, 3.05) is 16.7 Å². The molecule has 0 spiro atoms. The van der Waals surface area contributed by atoms with E-state index in [9.17, 15) is 4.79 Å². The standard InChI is InChI=1S/C23H19N3O3/c1-16(27)22-24-26(19-10-6-3-7-11-19)23(25(22)18-8-4-2-5-9-18)17-12-13-20-21(14-17)29-15-28-20/h2-14,23H,15H2,1H3/t23-/m0/s1. The van der Waals surface area contributed by atoms with Crippen LogP contribution in [0, 0.1) is 0 Å². The number of benzene rings is 3. The smallest absolute Gasteiger partial charge is 0.231 e. The summed E-state index contributed by atoms with van der Waals surface area (Å²) in [7, 11) is 0. The van der Waals surface area contributed by atoms with E-state index in [1.807, 2.05) is 88.8 Å². The maximum absolute atomic E-state index is 12.5. The molecule has 0 saturated heterocycles. The lowest BCUT2D eigenvalue weighted by molar-refractivity contribution is -0.111. The lowest BCUT2D eigenvalue weighted by atomic mass is 10.1. The van der Waals surface area contributed by atoms with Crippen LogP contribution >= 0.6 is 0 Å². The number of carbonyl (C=O) groups is 1. The highest BCUT2D eigenvalue weighted by Gasteiger charge is 2.39. The third-order valence-corrected chi connectivity index (χ3v) is 4.97. The first-order valence-corrected chi connectivity index (χ1v) is 9.40. The number of para-hydroxylation sites is 2. The molecule has 2 aliphatic rings. The molecule has 3 aromatic rings. The van der Waals surface area contributed by atoms with Gasteiger partial charge in [0, 0.05) is 18.2 Å². The van der Waals surface area contributed by atoms with Gasteiger partial charge >= 0.3 is 0 Å². The third kappa shape index (κ3) is 2.99. The number of nitrogens with zero attached hydrogens (tertiary/aromatic N) is 3. The Kier molecular flexibility index (Phi) is 4.17. The van der Waals surface area contributed by atoms with Gasteiger partial charge in [0.05, 0.1) is 5.69 Å². The summed E-state index contributed by atoms with van der Waals surface area (Å²) >= 11 is 0. The Morgan fingerprint density at radius 2 is 1.55 bits per heavy atom. The summed E-state index contributed by atoms with van der Waals surface area (Å²) in [5.41, 5.74) is 2.73. The van der Waals surface area contributed by atoms with Crippen molar-refractivity contribution in [2.24, 2.45) is 5.10 Å². The van der Waals surface area contributed by atoms with E-state index in [1.54, 1.807) is 6.92 Å². The van der Waals surface area contributed by atoms with Crippen molar-refractivity contribution in [3.63, 3.8) is 0 Å². The molecule has 0 aliphatic carbocycles. The Morgan fingerprint density at radius 1 is 0.897 bits per heavy atom. The summed E-state index contributed by atoms with van der Waals surface area (Å²) in [4.78, 5) is 14.5. The fourth-order valence-electron chi connectivity index (χ4n) is 3.67. The maximum Gasteiger partial charge on any atom is 0.231 e. The Balaban J connectivity index is 1.68. The molecule has 3 aromatic carbocycles. The minimum atomic E-state index is -0.340. The number of carbonyl (C=O) groups excluding carboxylic acids is 1. The molecular weight excluding hydrogens is 366 g/mol. The van der Waals surface area contributed by atoms with Gasteiger partial charge in [0.15, 0.2) is 29.3 Å². The number of Topliss-reactive ketones (excluding diaryl/α,β-unsaturated/α-hetero) is 1. The molecule has 0 fully saturated rings. The van der Waals surface area contributed by atoms with Gasteiger partial charge < -0.3 is 9.47 Å². The quantitative estimate of drug-likeness (QED) is 0.669. The Bertz CT molecular complexity index is 1080. The minimum absolute atomic E-state index is 0.0990. The fraction of sp³-hybridized carbons (Fsp3) is 0.130. The molecule has 1 atom stereocenters. The van der Waals surface area contributed by atoms with Crippen LogP contribution in [0.5, 0.6) is 11.5 Å². The highest BCUT2D eigenvalue weighted by atomic mass is 16.7. The van der Waals surface area contributed by atoms with Crippen LogP contribution in [0.15, 0.2) is 84.0 Å². The zero-order valence-corrected chi connectivity index (χ0v) is 15.9. The van der Waals surface area contributed by atoms with E-state index < -0.39 is 0 Å². The number of hydrazone groups is 1. The van der Waals surface area contributed by atoms with Crippen LogP contribution in [0.4, 0.5) is 11.4 Å². The van der Waals surface area contributed by atoms with Gasteiger partial charge in [-0.2, -0.15) is 0 Å². The van der Waals surface area contributed by atoms with Crippen molar-refractivity contribution in [2.45, 2.75) is 13.1 Å². The second-order valence-electron chi connectivity index (χ2n) is 6.85. The second-order valence-corrected chi connectivity index (χ2v) is 6.85. The van der Waals surface area contributed by atoms with Gasteiger partial charge in [-0.3, -0.25) is 9.69 Å². The van der Waals surface area contributed by atoms with E-state index in [-0.39, 0.29) is 18.7 Å². The fourth-order valence-corrected chi connectivity index (χ4v) is 3.67. The van der Waals surface area contributed by atoms with Gasteiger partial charge in [0.2, 0.25) is 6.79 Å². The summed E-state index contributed by atoms with van der Waals surface area (Å²) in [5.74, 6) is 1.71. The van der Waals surface area contributed by atoms with Crippen molar-refractivity contribution in [1.82, 2.24) is 0 Å². The molecule has 6 nitrogen and oxygen atoms in total. The summed E-state index contributed by atoms with van der Waals surface area (Å²) in [5, 5.41) is 6.60. The summed E-state index contributed by atoms with van der Waals surface area (Å²) in [6, 6.07) is 25.5. The largest absolute Gasteiger partial charge is 0.454 e. The molecule has 0 unspecified atom stereocenters. The van der Waals surface area contributed by atoms with E-state index >= 15 is 0 Å². The first-order chi connectivity index (χ1) is 14.2. The van der Waals surface area contributed by atoms with Crippen molar-refractivity contribution in [3.05, 3.63) is 84.4 Å². The molecule has 0 radical (unpaired) electrons. The number of anilines is 2. The van der Waals surface area contributed by atoms with Crippen LogP contribution in [0.2, 0.25) is 0 Å². The number of hydrogen-bond donors (Lipinski definition) is 0. The monoisotopic (exact) mass is 385 g/mol. The minimum Gasteiger partial charge on any atom is -0.454 e. The molecule has 2 heterocycles. The zero-order valence-electron chi connectivity index (χ0n) is 15.9. The average Bonchev–Trinajstić information content (AvgIpc) is 3.39. The summed E-state index contributed by atoms with van der Waals surface area (Å²) in [6.45, 7) is 1.75. The molecule has 0 bridgehead atoms. The van der Waals surface area contributed by atoms with Crippen LogP contribution < -0.4 is 19.4 Å². The molecule has 0 N–H and O–H groups in total. The number of ketones is 1. The first kappa shape index (κ1) is 17.3. The topological polar surface area (TPSA) is 54.4 Å². The van der Waals surface area contributed by atoms with Crippen LogP contribution in [-0.2, 0) is 4.79 Å². The first-order valence-electron chi connectivity index (χ1n) is 9.40. The molecule has 2 aliphatic heterocycles. The maximum atomic E-state index is 12.5. The number of ether oxygens (including phenoxy) is 2. The molecule has 6 heteroatoms. The van der Waals surface area contributed by atoms with E-state index in [2.05, 4.69) is 0 Å². The van der Waals surface area contributed by atoms with Gasteiger partial charge in [-0.1, -0.05) is 42.5 Å². The van der Waals surface area contributed by atoms with Gasteiger partial charge in [-0.25, -0.2) is 5.01 Å². The molecule has 0 amide bonds. The van der Waals surface area contributed by atoms with Gasteiger partial charge in [0.25, 0.3) is 0 Å². The predicted molar refractivity (Wildman–Crippen MR) is 111 cm³/mol. The van der Waals surface area contributed by atoms with Crippen molar-refractivity contribution >= 4 is 23.0 Å². The summed E-state index contributed by atoms with van der Waals surface area (Å²) in [6.07, 6.45) is -0.340. The van der Waals surface area contributed by atoms with Gasteiger partial charge in [-0.05, 0) is 36.4 Å². The predicted octanol–water partition coefficient (Wildman–Crippen LogP) is 4.34. The molecule has 5 rings (SSSR count). The second kappa shape index (κ2) is 6.98. The normalized spacial score (nSPS) is 17.4. The molecular formula is C23H19N3O3. The SMILES string of the molecule is CC(=O)C1=NN(c2ccccc2)[C@@H](c2ccc3c(c2)OCO3)N1c1ccccc1.